The third kappa shape index (κ3) is 4.49. The van der Waals surface area contributed by atoms with Crippen LogP contribution in [0.1, 0.15) is 30.4 Å². The lowest BCUT2D eigenvalue weighted by atomic mass is 10.0. The number of carbonyl (C=O) groups is 1. The summed E-state index contributed by atoms with van der Waals surface area (Å²) in [4.78, 5) is 11.9. The Labute approximate surface area is 140 Å². The van der Waals surface area contributed by atoms with Gasteiger partial charge in [0, 0.05) is 42.2 Å². The van der Waals surface area contributed by atoms with Crippen LogP contribution in [0.3, 0.4) is 0 Å². The Morgan fingerprint density at radius 1 is 1.36 bits per heavy atom. The molecule has 4 nitrogen and oxygen atoms in total. The van der Waals surface area contributed by atoms with Crippen LogP contribution in [0.5, 0.6) is 0 Å². The van der Waals surface area contributed by atoms with Gasteiger partial charge in [-0.25, -0.2) is 0 Å². The van der Waals surface area contributed by atoms with Crippen LogP contribution in [0.4, 0.5) is 0 Å². The Morgan fingerprint density at radius 3 is 2.64 bits per heavy atom. The van der Waals surface area contributed by atoms with Gasteiger partial charge in [-0.05, 0) is 29.7 Å². The van der Waals surface area contributed by atoms with Crippen LogP contribution < -0.4 is 5.32 Å². The highest BCUT2D eigenvalue weighted by atomic mass is 35.5. The highest BCUT2D eigenvalue weighted by Gasteiger charge is 2.14. The van der Waals surface area contributed by atoms with Gasteiger partial charge in [-0.15, -0.1) is 0 Å². The zero-order chi connectivity index (χ0) is 16.1. The van der Waals surface area contributed by atoms with Gasteiger partial charge in [0.15, 0.2) is 0 Å². The van der Waals surface area contributed by atoms with E-state index in [0.29, 0.717) is 29.4 Å². The summed E-state index contributed by atoms with van der Waals surface area (Å²) in [6.07, 6.45) is 4.81. The van der Waals surface area contributed by atoms with E-state index in [9.17, 15) is 4.79 Å². The first-order chi connectivity index (χ1) is 10.5. The van der Waals surface area contributed by atoms with E-state index in [1.807, 2.05) is 38.4 Å². The first-order valence-corrected chi connectivity index (χ1v) is 7.91. The number of hydrogen-bond donors (Lipinski definition) is 1. The molecule has 1 amide bonds. The molecular weight excluding hydrogens is 321 g/mol. The average Bonchev–Trinajstić information content (AvgIpc) is 2.88. The number of benzene rings is 1. The van der Waals surface area contributed by atoms with Crippen LogP contribution in [0, 0.1) is 0 Å². The molecule has 0 saturated heterocycles. The van der Waals surface area contributed by atoms with Crippen molar-refractivity contribution in [3.8, 4) is 0 Å². The molecule has 0 aliphatic heterocycles. The van der Waals surface area contributed by atoms with Crippen molar-refractivity contribution in [3.63, 3.8) is 0 Å². The van der Waals surface area contributed by atoms with E-state index in [-0.39, 0.29) is 11.8 Å². The molecule has 0 aliphatic carbocycles. The normalized spacial score (nSPS) is 12.2. The van der Waals surface area contributed by atoms with Crippen molar-refractivity contribution in [1.29, 1.82) is 0 Å². The summed E-state index contributed by atoms with van der Waals surface area (Å²) in [5, 5.41) is 8.27. The number of nitrogens with one attached hydrogen (secondary N) is 1. The molecule has 1 atom stereocenters. The fourth-order valence-electron chi connectivity index (χ4n) is 2.30. The van der Waals surface area contributed by atoms with Crippen molar-refractivity contribution in [3.05, 3.63) is 51.8 Å². The number of nitrogens with zero attached hydrogens (tertiary/aromatic N) is 2. The molecule has 22 heavy (non-hydrogen) atoms. The zero-order valence-electron chi connectivity index (χ0n) is 12.6. The fraction of sp³-hybridized carbons (Fsp3) is 0.375. The van der Waals surface area contributed by atoms with Crippen molar-refractivity contribution in [2.45, 2.75) is 25.7 Å². The molecule has 0 unspecified atom stereocenters. The summed E-state index contributed by atoms with van der Waals surface area (Å²) in [5.41, 5.74) is 1.93. The van der Waals surface area contributed by atoms with Gasteiger partial charge in [0.05, 0.1) is 6.20 Å². The van der Waals surface area contributed by atoms with Gasteiger partial charge >= 0.3 is 0 Å². The SMILES string of the molecule is C[C@H](CNC(=O)CCc1cnn(C)c1)c1c(Cl)cccc1Cl. The Morgan fingerprint density at radius 2 is 2.05 bits per heavy atom. The van der Waals surface area contributed by atoms with E-state index >= 15 is 0 Å². The van der Waals surface area contributed by atoms with Crippen molar-refractivity contribution < 1.29 is 4.79 Å². The third-order valence-corrected chi connectivity index (χ3v) is 4.16. The Kier molecular flexibility index (Phi) is 5.86. The second-order valence-corrected chi connectivity index (χ2v) is 6.18. The molecule has 0 radical (unpaired) electrons. The van der Waals surface area contributed by atoms with E-state index in [2.05, 4.69) is 10.4 Å². The Hall–Kier alpha value is -1.52. The number of rotatable bonds is 6. The van der Waals surface area contributed by atoms with Crippen LogP contribution in [0.15, 0.2) is 30.6 Å². The van der Waals surface area contributed by atoms with E-state index in [0.717, 1.165) is 11.1 Å². The van der Waals surface area contributed by atoms with Gasteiger partial charge in [0.2, 0.25) is 5.91 Å². The Balaban J connectivity index is 1.83. The minimum Gasteiger partial charge on any atom is -0.355 e. The lowest BCUT2D eigenvalue weighted by molar-refractivity contribution is -0.121. The van der Waals surface area contributed by atoms with Crippen LogP contribution in [0.25, 0.3) is 0 Å². The van der Waals surface area contributed by atoms with E-state index in [1.165, 1.54) is 0 Å². The summed E-state index contributed by atoms with van der Waals surface area (Å²) < 4.78 is 1.73. The second kappa shape index (κ2) is 7.65. The van der Waals surface area contributed by atoms with Crippen LogP contribution in [-0.4, -0.2) is 22.2 Å². The van der Waals surface area contributed by atoms with Crippen molar-refractivity contribution >= 4 is 29.1 Å². The van der Waals surface area contributed by atoms with Crippen molar-refractivity contribution in [1.82, 2.24) is 15.1 Å². The Bertz CT molecular complexity index is 634. The molecule has 1 N–H and O–H groups in total. The molecule has 118 valence electrons. The minimum atomic E-state index is 0.0129. The molecule has 1 heterocycles. The molecule has 0 fully saturated rings. The second-order valence-electron chi connectivity index (χ2n) is 5.36. The summed E-state index contributed by atoms with van der Waals surface area (Å²) >= 11 is 12.4. The van der Waals surface area contributed by atoms with Crippen LogP contribution >= 0.6 is 23.2 Å². The summed E-state index contributed by atoms with van der Waals surface area (Å²) in [6, 6.07) is 5.43. The third-order valence-electron chi connectivity index (χ3n) is 3.50. The molecule has 0 bridgehead atoms. The molecular formula is C16H19Cl2N3O. The highest BCUT2D eigenvalue weighted by Crippen LogP contribution is 2.30. The van der Waals surface area contributed by atoms with Gasteiger partial charge < -0.3 is 5.32 Å². The first-order valence-electron chi connectivity index (χ1n) is 7.15. The predicted molar refractivity (Wildman–Crippen MR) is 89.4 cm³/mol. The van der Waals surface area contributed by atoms with Gasteiger partial charge in [0.25, 0.3) is 0 Å². The monoisotopic (exact) mass is 339 g/mol. The van der Waals surface area contributed by atoms with Crippen LogP contribution in [-0.2, 0) is 18.3 Å². The molecule has 2 rings (SSSR count). The molecule has 0 spiro atoms. The minimum absolute atomic E-state index is 0.0129. The molecule has 1 aromatic heterocycles. The van der Waals surface area contributed by atoms with Gasteiger partial charge in [-0.1, -0.05) is 36.2 Å². The molecule has 1 aromatic carbocycles. The average molecular weight is 340 g/mol. The summed E-state index contributed by atoms with van der Waals surface area (Å²) in [7, 11) is 1.86. The fourth-order valence-corrected chi connectivity index (χ4v) is 3.07. The summed E-state index contributed by atoms with van der Waals surface area (Å²) in [6.45, 7) is 2.50. The van der Waals surface area contributed by atoms with Crippen LogP contribution in [0.2, 0.25) is 10.0 Å². The molecule has 0 aliphatic rings. The molecule has 0 saturated carbocycles. The lowest BCUT2D eigenvalue weighted by Crippen LogP contribution is -2.27. The molecule has 6 heteroatoms. The van der Waals surface area contributed by atoms with E-state index in [4.69, 9.17) is 23.2 Å². The topological polar surface area (TPSA) is 46.9 Å². The first kappa shape index (κ1) is 16.8. The summed E-state index contributed by atoms with van der Waals surface area (Å²) in [5.74, 6) is 0.0717. The number of aromatic nitrogens is 2. The number of aryl methyl sites for hydroxylation is 2. The van der Waals surface area contributed by atoms with Crippen molar-refractivity contribution in [2.24, 2.45) is 7.05 Å². The standard InChI is InChI=1S/C16H19Cl2N3O/c1-11(16-13(17)4-3-5-14(16)18)8-19-15(22)7-6-12-9-20-21(2)10-12/h3-5,9-11H,6-8H2,1-2H3,(H,19,22)/t11-/m1/s1. The van der Waals surface area contributed by atoms with Crippen molar-refractivity contribution in [2.75, 3.05) is 6.54 Å². The maximum Gasteiger partial charge on any atom is 0.220 e. The lowest BCUT2D eigenvalue weighted by Gasteiger charge is -2.16. The number of amides is 1. The van der Waals surface area contributed by atoms with Gasteiger partial charge in [-0.2, -0.15) is 5.10 Å². The quantitative estimate of drug-likeness (QED) is 0.874. The van der Waals surface area contributed by atoms with E-state index in [1.54, 1.807) is 10.9 Å². The number of halogens is 2. The predicted octanol–water partition coefficient (Wildman–Crippen LogP) is 3.58. The maximum atomic E-state index is 11.9. The van der Waals surface area contributed by atoms with E-state index < -0.39 is 0 Å². The van der Waals surface area contributed by atoms with Gasteiger partial charge in [-0.3, -0.25) is 9.48 Å². The smallest absolute Gasteiger partial charge is 0.220 e. The largest absolute Gasteiger partial charge is 0.355 e. The zero-order valence-corrected chi connectivity index (χ0v) is 14.2. The number of carbonyl (C=O) groups excluding carboxylic acids is 1. The van der Waals surface area contributed by atoms with Gasteiger partial charge in [0.1, 0.15) is 0 Å². The highest BCUT2D eigenvalue weighted by molar-refractivity contribution is 6.36. The number of hydrogen-bond acceptors (Lipinski definition) is 2. The maximum absolute atomic E-state index is 11.9. The molecule has 2 aromatic rings.